The second kappa shape index (κ2) is 12.9. The summed E-state index contributed by atoms with van der Waals surface area (Å²) >= 11 is 1.83. The van der Waals surface area contributed by atoms with Gasteiger partial charge in [0.2, 0.25) is 0 Å². The van der Waals surface area contributed by atoms with Crippen molar-refractivity contribution < 1.29 is 9.59 Å². The van der Waals surface area contributed by atoms with Gasteiger partial charge < -0.3 is 24.9 Å². The number of benzene rings is 1. The Morgan fingerprint density at radius 2 is 1.50 bits per heavy atom. The molecular weight excluding hydrogens is 398 g/mol. The van der Waals surface area contributed by atoms with E-state index in [1.54, 1.807) is 4.90 Å². The molecule has 0 aliphatic carbocycles. The Bertz CT molecular complexity index is 648. The van der Waals surface area contributed by atoms with Crippen LogP contribution in [0.2, 0.25) is 0 Å². The Labute approximate surface area is 185 Å². The molecule has 1 aromatic carbocycles. The Balaban J connectivity index is 1.83. The Hall–Kier alpha value is -1.61. The topological polar surface area (TPSA) is 59.1 Å². The molecule has 0 bridgehead atoms. The fourth-order valence-electron chi connectivity index (χ4n) is 3.22. The SMILES string of the molecule is CN(C)CCN(CCN(C)C)C(=O)C(=O)Nc1ccc(SCCN2CCCC2)cc1. The van der Waals surface area contributed by atoms with E-state index in [2.05, 4.69) is 10.2 Å². The number of carbonyl (C=O) groups is 2. The monoisotopic (exact) mass is 435 g/mol. The standard InChI is InChI=1S/C22H37N5O2S/c1-24(2)13-15-27(16-14-25(3)4)22(29)21(28)23-19-7-9-20(10-8-19)30-18-17-26-11-5-6-12-26/h7-10H,5-6,11-18H2,1-4H3,(H,23,28). The maximum Gasteiger partial charge on any atom is 0.313 e. The molecule has 0 unspecified atom stereocenters. The van der Waals surface area contributed by atoms with Gasteiger partial charge in [-0.25, -0.2) is 0 Å². The number of anilines is 1. The first-order chi connectivity index (χ1) is 14.3. The van der Waals surface area contributed by atoms with Gasteiger partial charge in [0.15, 0.2) is 0 Å². The van der Waals surface area contributed by atoms with Gasteiger partial charge in [0.1, 0.15) is 0 Å². The van der Waals surface area contributed by atoms with E-state index in [0.29, 0.717) is 18.8 Å². The second-order valence-corrected chi connectivity index (χ2v) is 9.44. The smallest absolute Gasteiger partial charge is 0.313 e. The third kappa shape index (κ3) is 9.04. The first-order valence-electron chi connectivity index (χ1n) is 10.7. The van der Waals surface area contributed by atoms with Crippen LogP contribution in [-0.4, -0.2) is 111 Å². The lowest BCUT2D eigenvalue weighted by atomic mass is 10.3. The lowest BCUT2D eigenvalue weighted by molar-refractivity contribution is -0.143. The number of likely N-dealkylation sites (tertiary alicyclic amines) is 1. The lowest BCUT2D eigenvalue weighted by Crippen LogP contribution is -2.45. The number of carbonyl (C=O) groups excluding carboxylic acids is 2. The lowest BCUT2D eigenvalue weighted by Gasteiger charge is -2.25. The highest BCUT2D eigenvalue weighted by Crippen LogP contribution is 2.21. The van der Waals surface area contributed by atoms with Crippen LogP contribution in [0.5, 0.6) is 0 Å². The zero-order valence-corrected chi connectivity index (χ0v) is 19.7. The van der Waals surface area contributed by atoms with Crippen molar-refractivity contribution in [2.45, 2.75) is 17.7 Å². The van der Waals surface area contributed by atoms with Crippen LogP contribution in [0.1, 0.15) is 12.8 Å². The van der Waals surface area contributed by atoms with Gasteiger partial charge in [-0.15, -0.1) is 11.8 Å². The normalized spacial score (nSPS) is 14.5. The van der Waals surface area contributed by atoms with Crippen molar-refractivity contribution in [1.82, 2.24) is 19.6 Å². The maximum absolute atomic E-state index is 12.7. The van der Waals surface area contributed by atoms with E-state index in [1.807, 2.05) is 74.0 Å². The summed E-state index contributed by atoms with van der Waals surface area (Å²) in [7, 11) is 7.83. The summed E-state index contributed by atoms with van der Waals surface area (Å²) in [5.41, 5.74) is 0.650. The molecule has 1 saturated heterocycles. The average molecular weight is 436 g/mol. The highest BCUT2D eigenvalue weighted by Gasteiger charge is 2.22. The molecule has 2 amide bonds. The number of thioether (sulfide) groups is 1. The first kappa shape index (κ1) is 24.7. The Kier molecular flexibility index (Phi) is 10.6. The number of rotatable bonds is 11. The molecule has 7 nitrogen and oxygen atoms in total. The predicted octanol–water partition coefficient (Wildman–Crippen LogP) is 1.76. The van der Waals surface area contributed by atoms with E-state index < -0.39 is 11.8 Å². The highest BCUT2D eigenvalue weighted by molar-refractivity contribution is 7.99. The molecule has 0 atom stereocenters. The van der Waals surface area contributed by atoms with E-state index in [-0.39, 0.29) is 0 Å². The number of hydrogen-bond acceptors (Lipinski definition) is 6. The molecule has 1 aliphatic heterocycles. The summed E-state index contributed by atoms with van der Waals surface area (Å²) in [6, 6.07) is 7.75. The van der Waals surface area contributed by atoms with Crippen molar-refractivity contribution in [2.75, 3.05) is 85.1 Å². The van der Waals surface area contributed by atoms with E-state index in [4.69, 9.17) is 0 Å². The molecule has 1 aliphatic rings. The minimum Gasteiger partial charge on any atom is -0.332 e. The van der Waals surface area contributed by atoms with E-state index >= 15 is 0 Å². The van der Waals surface area contributed by atoms with Gasteiger partial charge in [-0.3, -0.25) is 9.59 Å². The number of hydrogen-bond donors (Lipinski definition) is 1. The van der Waals surface area contributed by atoms with Crippen molar-refractivity contribution >= 4 is 29.3 Å². The van der Waals surface area contributed by atoms with E-state index in [0.717, 1.165) is 25.4 Å². The van der Waals surface area contributed by atoms with Crippen molar-refractivity contribution in [3.05, 3.63) is 24.3 Å². The fourth-order valence-corrected chi connectivity index (χ4v) is 4.13. The zero-order valence-electron chi connectivity index (χ0n) is 18.9. The van der Waals surface area contributed by atoms with Gasteiger partial charge >= 0.3 is 11.8 Å². The molecule has 1 heterocycles. The van der Waals surface area contributed by atoms with Gasteiger partial charge in [-0.1, -0.05) is 0 Å². The van der Waals surface area contributed by atoms with Crippen molar-refractivity contribution in [3.8, 4) is 0 Å². The summed E-state index contributed by atoms with van der Waals surface area (Å²) in [5.74, 6) is 0.00129. The van der Waals surface area contributed by atoms with Crippen LogP contribution < -0.4 is 5.32 Å². The zero-order chi connectivity index (χ0) is 21.9. The van der Waals surface area contributed by atoms with Gasteiger partial charge in [0.25, 0.3) is 0 Å². The van der Waals surface area contributed by atoms with Crippen molar-refractivity contribution in [1.29, 1.82) is 0 Å². The predicted molar refractivity (Wildman–Crippen MR) is 125 cm³/mol. The number of amides is 2. The molecule has 8 heteroatoms. The second-order valence-electron chi connectivity index (χ2n) is 8.27. The number of nitrogens with zero attached hydrogens (tertiary/aromatic N) is 4. The van der Waals surface area contributed by atoms with Gasteiger partial charge in [0.05, 0.1) is 0 Å². The first-order valence-corrected chi connectivity index (χ1v) is 11.7. The molecular formula is C22H37N5O2S. The van der Waals surface area contributed by atoms with Crippen LogP contribution in [0.3, 0.4) is 0 Å². The largest absolute Gasteiger partial charge is 0.332 e. The Morgan fingerprint density at radius 1 is 0.933 bits per heavy atom. The molecule has 1 fully saturated rings. The van der Waals surface area contributed by atoms with Crippen LogP contribution in [-0.2, 0) is 9.59 Å². The molecule has 1 N–H and O–H groups in total. The summed E-state index contributed by atoms with van der Waals surface area (Å²) in [6.45, 7) is 6.05. The summed E-state index contributed by atoms with van der Waals surface area (Å²) < 4.78 is 0. The fraction of sp³-hybridized carbons (Fsp3) is 0.636. The highest BCUT2D eigenvalue weighted by atomic mass is 32.2. The van der Waals surface area contributed by atoms with Crippen LogP contribution in [0.25, 0.3) is 0 Å². The third-order valence-corrected chi connectivity index (χ3v) is 6.10. The van der Waals surface area contributed by atoms with Gasteiger partial charge in [-0.2, -0.15) is 0 Å². The quantitative estimate of drug-likeness (QED) is 0.422. The molecule has 2 rings (SSSR count). The molecule has 168 valence electrons. The molecule has 0 saturated carbocycles. The van der Waals surface area contributed by atoms with Crippen LogP contribution in [0, 0.1) is 0 Å². The maximum atomic E-state index is 12.7. The van der Waals surface area contributed by atoms with E-state index in [1.165, 1.54) is 30.8 Å². The third-order valence-electron chi connectivity index (χ3n) is 5.10. The van der Waals surface area contributed by atoms with Crippen molar-refractivity contribution in [2.24, 2.45) is 0 Å². The average Bonchev–Trinajstić information content (AvgIpc) is 3.22. The van der Waals surface area contributed by atoms with Crippen LogP contribution in [0.15, 0.2) is 29.2 Å². The number of nitrogens with one attached hydrogen (secondary N) is 1. The van der Waals surface area contributed by atoms with Crippen molar-refractivity contribution in [3.63, 3.8) is 0 Å². The summed E-state index contributed by atoms with van der Waals surface area (Å²) in [4.78, 5) is 34.5. The van der Waals surface area contributed by atoms with Gasteiger partial charge in [0, 0.05) is 49.1 Å². The minimum absolute atomic E-state index is 0.484. The minimum atomic E-state index is -0.582. The Morgan fingerprint density at radius 3 is 2.03 bits per heavy atom. The molecule has 30 heavy (non-hydrogen) atoms. The van der Waals surface area contributed by atoms with Crippen LogP contribution in [0.4, 0.5) is 5.69 Å². The summed E-state index contributed by atoms with van der Waals surface area (Å²) in [6.07, 6.45) is 2.64. The molecule has 0 spiro atoms. The number of likely N-dealkylation sites (N-methyl/N-ethyl adjacent to an activating group) is 2. The molecule has 0 aromatic heterocycles. The summed E-state index contributed by atoms with van der Waals surface area (Å²) in [5, 5.41) is 2.75. The molecule has 0 radical (unpaired) electrons. The van der Waals surface area contributed by atoms with Gasteiger partial charge in [-0.05, 0) is 78.4 Å². The molecule has 1 aromatic rings. The van der Waals surface area contributed by atoms with E-state index in [9.17, 15) is 9.59 Å². The van der Waals surface area contributed by atoms with Crippen LogP contribution >= 0.6 is 11.8 Å².